The minimum absolute atomic E-state index is 0.0652. The molecule has 1 aromatic carbocycles. The first kappa shape index (κ1) is 19.6. The van der Waals surface area contributed by atoms with Gasteiger partial charge < -0.3 is 10.0 Å². The fourth-order valence-electron chi connectivity index (χ4n) is 3.39. The summed E-state index contributed by atoms with van der Waals surface area (Å²) in [5.41, 5.74) is 5.41. The van der Waals surface area contributed by atoms with Crippen molar-refractivity contribution < 1.29 is 14.7 Å². The molecule has 0 aliphatic carbocycles. The smallest absolute Gasteiger partial charge is 0.323 e. The van der Waals surface area contributed by atoms with E-state index in [1.165, 1.54) is 5.57 Å². The molecule has 2 heterocycles. The molecular formula is C20H22N2O3S2. The van der Waals surface area contributed by atoms with E-state index >= 15 is 0 Å². The second-order valence-corrected chi connectivity index (χ2v) is 9.10. The number of hydrogen-bond donors (Lipinski definition) is 1. The number of benzene rings is 1. The van der Waals surface area contributed by atoms with E-state index in [2.05, 4.69) is 50.9 Å². The SMILES string of the molecule is CC1=CC(C)(C)N(C)c2cc(C)c(/C=C3/SC(=S)N(CC(=O)O)C3=O)cc21. The maximum Gasteiger partial charge on any atom is 0.323 e. The minimum Gasteiger partial charge on any atom is -0.480 e. The van der Waals surface area contributed by atoms with Gasteiger partial charge in [0.15, 0.2) is 0 Å². The largest absolute Gasteiger partial charge is 0.480 e. The van der Waals surface area contributed by atoms with Crippen LogP contribution in [0.1, 0.15) is 37.5 Å². The number of fused-ring (bicyclic) bond motifs is 1. The van der Waals surface area contributed by atoms with Crippen molar-refractivity contribution in [2.45, 2.75) is 33.2 Å². The Balaban J connectivity index is 2.02. The summed E-state index contributed by atoms with van der Waals surface area (Å²) in [5.74, 6) is -1.43. The number of nitrogens with zero attached hydrogens (tertiary/aromatic N) is 2. The number of carboxylic acid groups (broad SMARTS) is 1. The van der Waals surface area contributed by atoms with Crippen molar-refractivity contribution in [1.82, 2.24) is 4.90 Å². The first-order chi connectivity index (χ1) is 12.5. The number of aryl methyl sites for hydroxylation is 1. The van der Waals surface area contributed by atoms with Crippen LogP contribution in [-0.2, 0) is 9.59 Å². The van der Waals surface area contributed by atoms with Crippen LogP contribution in [0.5, 0.6) is 0 Å². The number of thioether (sulfide) groups is 1. The molecule has 2 aliphatic rings. The van der Waals surface area contributed by atoms with E-state index in [9.17, 15) is 9.59 Å². The fraction of sp³-hybridized carbons (Fsp3) is 0.350. The number of rotatable bonds is 3. The summed E-state index contributed by atoms with van der Waals surface area (Å²) >= 11 is 6.31. The van der Waals surface area contributed by atoms with Crippen molar-refractivity contribution in [3.8, 4) is 0 Å². The summed E-state index contributed by atoms with van der Waals surface area (Å²) in [6, 6.07) is 4.23. The van der Waals surface area contributed by atoms with Gasteiger partial charge in [-0.3, -0.25) is 14.5 Å². The summed E-state index contributed by atoms with van der Waals surface area (Å²) in [4.78, 5) is 27.3. The molecular weight excluding hydrogens is 380 g/mol. The van der Waals surface area contributed by atoms with Crippen LogP contribution in [0.4, 0.5) is 5.69 Å². The lowest BCUT2D eigenvalue weighted by molar-refractivity contribution is -0.140. The highest BCUT2D eigenvalue weighted by molar-refractivity contribution is 8.26. The second-order valence-electron chi connectivity index (χ2n) is 7.43. The minimum atomic E-state index is -1.08. The van der Waals surface area contributed by atoms with Gasteiger partial charge in [-0.25, -0.2) is 0 Å². The van der Waals surface area contributed by atoms with Crippen LogP contribution in [0.15, 0.2) is 23.1 Å². The summed E-state index contributed by atoms with van der Waals surface area (Å²) in [6.45, 7) is 8.05. The van der Waals surface area contributed by atoms with E-state index in [0.29, 0.717) is 4.91 Å². The van der Waals surface area contributed by atoms with Crippen molar-refractivity contribution in [3.63, 3.8) is 0 Å². The highest BCUT2D eigenvalue weighted by Gasteiger charge is 2.34. The Labute approximate surface area is 168 Å². The van der Waals surface area contributed by atoms with E-state index in [0.717, 1.165) is 39.0 Å². The van der Waals surface area contributed by atoms with Crippen molar-refractivity contribution in [2.75, 3.05) is 18.5 Å². The highest BCUT2D eigenvalue weighted by Crippen LogP contribution is 2.40. The molecule has 1 saturated heterocycles. The fourth-order valence-corrected chi connectivity index (χ4v) is 4.63. The molecule has 1 fully saturated rings. The van der Waals surface area contributed by atoms with Crippen molar-refractivity contribution in [1.29, 1.82) is 0 Å². The Bertz CT molecular complexity index is 931. The van der Waals surface area contributed by atoms with Crippen LogP contribution in [0, 0.1) is 6.92 Å². The van der Waals surface area contributed by atoms with Crippen LogP contribution in [0.3, 0.4) is 0 Å². The number of carboxylic acids is 1. The molecule has 0 saturated carbocycles. The number of aliphatic carboxylic acids is 1. The van der Waals surface area contributed by atoms with Crippen molar-refractivity contribution in [3.05, 3.63) is 39.8 Å². The number of likely N-dealkylation sites (N-methyl/N-ethyl adjacent to an activating group) is 1. The Morgan fingerprint density at radius 1 is 1.33 bits per heavy atom. The normalized spacial score (nSPS) is 20.2. The van der Waals surface area contributed by atoms with Crippen LogP contribution in [-0.4, -0.2) is 45.3 Å². The highest BCUT2D eigenvalue weighted by atomic mass is 32.2. The molecule has 7 heteroatoms. The topological polar surface area (TPSA) is 60.9 Å². The zero-order valence-corrected chi connectivity index (χ0v) is 17.6. The average Bonchev–Trinajstić information content (AvgIpc) is 2.81. The molecule has 3 rings (SSSR count). The van der Waals surface area contributed by atoms with Crippen molar-refractivity contribution >= 4 is 57.5 Å². The van der Waals surface area contributed by atoms with Gasteiger partial charge in [0.05, 0.1) is 10.4 Å². The van der Waals surface area contributed by atoms with E-state index in [4.69, 9.17) is 17.3 Å². The third-order valence-corrected chi connectivity index (χ3v) is 6.44. The van der Waals surface area contributed by atoms with Gasteiger partial charge in [-0.1, -0.05) is 30.1 Å². The summed E-state index contributed by atoms with van der Waals surface area (Å²) in [5, 5.41) is 8.97. The lowest BCUT2D eigenvalue weighted by Gasteiger charge is -2.41. The number of hydrogen-bond acceptors (Lipinski definition) is 5. The summed E-state index contributed by atoms with van der Waals surface area (Å²) in [7, 11) is 2.08. The zero-order chi connectivity index (χ0) is 20.1. The molecule has 0 radical (unpaired) electrons. The Morgan fingerprint density at radius 3 is 2.63 bits per heavy atom. The first-order valence-electron chi connectivity index (χ1n) is 8.57. The van der Waals surface area contributed by atoms with E-state index in [1.54, 1.807) is 0 Å². The Morgan fingerprint density at radius 2 is 2.00 bits per heavy atom. The monoisotopic (exact) mass is 402 g/mol. The summed E-state index contributed by atoms with van der Waals surface area (Å²) in [6.07, 6.45) is 4.05. The third kappa shape index (κ3) is 3.53. The average molecular weight is 403 g/mol. The van der Waals surface area contributed by atoms with Gasteiger partial charge in [-0.2, -0.15) is 0 Å². The van der Waals surface area contributed by atoms with Crippen LogP contribution in [0.2, 0.25) is 0 Å². The molecule has 0 bridgehead atoms. The van der Waals surface area contributed by atoms with Gasteiger partial charge in [0.1, 0.15) is 10.9 Å². The van der Waals surface area contributed by atoms with Crippen LogP contribution >= 0.6 is 24.0 Å². The molecule has 5 nitrogen and oxygen atoms in total. The molecule has 27 heavy (non-hydrogen) atoms. The number of allylic oxidation sites excluding steroid dienone is 1. The number of anilines is 1. The van der Waals surface area contributed by atoms with Gasteiger partial charge in [-0.15, -0.1) is 0 Å². The van der Waals surface area contributed by atoms with E-state index < -0.39 is 12.5 Å². The molecule has 0 spiro atoms. The van der Waals surface area contributed by atoms with Gasteiger partial charge in [0.25, 0.3) is 5.91 Å². The lowest BCUT2D eigenvalue weighted by Crippen LogP contribution is -2.42. The number of carbonyl (C=O) groups is 2. The third-order valence-electron chi connectivity index (χ3n) is 5.06. The molecule has 1 aromatic rings. The van der Waals surface area contributed by atoms with Gasteiger partial charge in [0.2, 0.25) is 0 Å². The standard InChI is InChI=1S/C20H22N2O3S2/c1-11-6-15-14(12(2)9-20(3,4)21(15)5)7-13(11)8-16-18(25)22(10-17(23)24)19(26)27-16/h6-9H,10H2,1-5H3,(H,23,24)/b16-8+. The van der Waals surface area contributed by atoms with E-state index in [-0.39, 0.29) is 15.8 Å². The molecule has 1 amide bonds. The molecule has 0 unspecified atom stereocenters. The molecule has 0 aromatic heterocycles. The van der Waals surface area contributed by atoms with Gasteiger partial charge in [0, 0.05) is 18.3 Å². The predicted octanol–water partition coefficient (Wildman–Crippen LogP) is 3.91. The van der Waals surface area contributed by atoms with E-state index in [1.807, 2.05) is 13.0 Å². The Kier molecular flexibility index (Phi) is 4.94. The molecule has 2 aliphatic heterocycles. The van der Waals surface area contributed by atoms with Crippen LogP contribution < -0.4 is 4.90 Å². The second kappa shape index (κ2) is 6.80. The molecule has 1 N–H and O–H groups in total. The van der Waals surface area contributed by atoms with Crippen LogP contribution in [0.25, 0.3) is 11.6 Å². The number of thiocarbonyl (C=S) groups is 1. The number of amides is 1. The maximum atomic E-state index is 12.5. The zero-order valence-electron chi connectivity index (χ0n) is 16.0. The van der Waals surface area contributed by atoms with Crippen molar-refractivity contribution in [2.24, 2.45) is 0 Å². The number of carbonyl (C=O) groups excluding carboxylic acids is 1. The van der Waals surface area contributed by atoms with Gasteiger partial charge >= 0.3 is 5.97 Å². The lowest BCUT2D eigenvalue weighted by atomic mass is 9.87. The summed E-state index contributed by atoms with van der Waals surface area (Å²) < 4.78 is 0.279. The predicted molar refractivity (Wildman–Crippen MR) is 115 cm³/mol. The maximum absolute atomic E-state index is 12.5. The first-order valence-corrected chi connectivity index (χ1v) is 9.79. The molecule has 0 atom stereocenters. The van der Waals surface area contributed by atoms with Gasteiger partial charge in [-0.05, 0) is 62.6 Å². The Hall–Kier alpha value is -2.12. The quantitative estimate of drug-likeness (QED) is 0.611. The molecule has 142 valence electrons.